The number of rotatable bonds is 2. The molecule has 0 aliphatic carbocycles. The molecule has 3 rings (SSSR count). The summed E-state index contributed by atoms with van der Waals surface area (Å²) in [6, 6.07) is 5.64. The van der Waals surface area contributed by atoms with Gasteiger partial charge in [0.25, 0.3) is 11.8 Å². The van der Waals surface area contributed by atoms with Gasteiger partial charge in [-0.05, 0) is 52.1 Å². The zero-order valence-electron chi connectivity index (χ0n) is 11.2. The Balaban J connectivity index is 1.83. The average Bonchev–Trinajstić information content (AvgIpc) is 2.78. The molecular weight excluding hydrogens is 320 g/mol. The number of nitrogens with two attached hydrogens (primary N) is 1. The molecule has 106 valence electrons. The van der Waals surface area contributed by atoms with Crippen molar-refractivity contribution >= 4 is 27.6 Å². The van der Waals surface area contributed by atoms with Crippen LogP contribution in [0, 0.1) is 0 Å². The minimum Gasteiger partial charge on any atom is -0.398 e. The lowest BCUT2D eigenvalue weighted by atomic mass is 10.2. The molecule has 1 saturated heterocycles. The maximum absolute atomic E-state index is 5.88. The van der Waals surface area contributed by atoms with E-state index < -0.39 is 0 Å². The number of hydrogen-bond donors (Lipinski definition) is 1. The number of nitrogen functional groups attached to an aromatic ring is 1. The summed E-state index contributed by atoms with van der Waals surface area (Å²) in [5, 5.41) is 4.10. The molecule has 2 heterocycles. The second-order valence-electron chi connectivity index (χ2n) is 5.04. The van der Waals surface area contributed by atoms with Gasteiger partial charge in [-0.2, -0.15) is 4.98 Å². The minimum atomic E-state index is 0.517. The van der Waals surface area contributed by atoms with Gasteiger partial charge in [0.1, 0.15) is 0 Å². The van der Waals surface area contributed by atoms with Gasteiger partial charge in [0.05, 0.1) is 0 Å². The van der Waals surface area contributed by atoms with Crippen LogP contribution in [0.4, 0.5) is 11.6 Å². The van der Waals surface area contributed by atoms with Crippen molar-refractivity contribution in [2.45, 2.75) is 25.7 Å². The van der Waals surface area contributed by atoms with Gasteiger partial charge in [0.2, 0.25) is 0 Å². The van der Waals surface area contributed by atoms with Gasteiger partial charge in [-0.25, -0.2) is 0 Å². The van der Waals surface area contributed by atoms with E-state index >= 15 is 0 Å². The van der Waals surface area contributed by atoms with Crippen molar-refractivity contribution in [3.05, 3.63) is 22.7 Å². The van der Waals surface area contributed by atoms with E-state index in [1.165, 1.54) is 25.7 Å². The van der Waals surface area contributed by atoms with Crippen LogP contribution in [0.2, 0.25) is 0 Å². The molecule has 0 atom stereocenters. The molecule has 0 spiro atoms. The molecule has 1 fully saturated rings. The highest BCUT2D eigenvalue weighted by Gasteiger charge is 2.17. The SMILES string of the molecule is Nc1cc(-c2nc(N3CCCCCC3)no2)ccc1Br. The number of hydrogen-bond acceptors (Lipinski definition) is 5. The van der Waals surface area contributed by atoms with Crippen molar-refractivity contribution in [2.24, 2.45) is 0 Å². The van der Waals surface area contributed by atoms with E-state index in [0.29, 0.717) is 17.5 Å². The van der Waals surface area contributed by atoms with Crippen molar-refractivity contribution in [3.63, 3.8) is 0 Å². The normalized spacial score (nSPS) is 16.1. The first-order valence-corrected chi connectivity index (χ1v) is 7.67. The first-order valence-electron chi connectivity index (χ1n) is 6.88. The predicted octanol–water partition coefficient (Wildman–Crippen LogP) is 3.46. The van der Waals surface area contributed by atoms with E-state index in [-0.39, 0.29) is 0 Å². The molecule has 1 aliphatic heterocycles. The summed E-state index contributed by atoms with van der Waals surface area (Å²) >= 11 is 3.38. The fourth-order valence-corrected chi connectivity index (χ4v) is 2.66. The summed E-state index contributed by atoms with van der Waals surface area (Å²) in [7, 11) is 0. The number of anilines is 2. The van der Waals surface area contributed by atoms with Crippen LogP contribution in [0.25, 0.3) is 11.5 Å². The molecule has 1 aliphatic rings. The molecule has 20 heavy (non-hydrogen) atoms. The Morgan fingerprint density at radius 1 is 1.15 bits per heavy atom. The van der Waals surface area contributed by atoms with Crippen LogP contribution in [-0.4, -0.2) is 23.2 Å². The molecule has 0 unspecified atom stereocenters. The zero-order valence-corrected chi connectivity index (χ0v) is 12.8. The number of halogens is 1. The summed E-state index contributed by atoms with van der Waals surface area (Å²) in [4.78, 5) is 6.69. The maximum Gasteiger partial charge on any atom is 0.266 e. The Morgan fingerprint density at radius 2 is 1.90 bits per heavy atom. The Bertz CT molecular complexity index is 591. The van der Waals surface area contributed by atoms with E-state index in [9.17, 15) is 0 Å². The molecule has 6 heteroatoms. The van der Waals surface area contributed by atoms with Crippen LogP contribution in [0.15, 0.2) is 27.2 Å². The molecule has 1 aromatic carbocycles. The summed E-state index contributed by atoms with van der Waals surface area (Å²) in [6.07, 6.45) is 4.94. The monoisotopic (exact) mass is 336 g/mol. The smallest absolute Gasteiger partial charge is 0.266 e. The van der Waals surface area contributed by atoms with E-state index in [0.717, 1.165) is 23.1 Å². The molecule has 1 aromatic heterocycles. The van der Waals surface area contributed by atoms with E-state index in [1.54, 1.807) is 0 Å². The van der Waals surface area contributed by atoms with Crippen molar-refractivity contribution < 1.29 is 4.52 Å². The van der Waals surface area contributed by atoms with Crippen LogP contribution in [-0.2, 0) is 0 Å². The fraction of sp³-hybridized carbons (Fsp3) is 0.429. The highest BCUT2D eigenvalue weighted by molar-refractivity contribution is 9.10. The average molecular weight is 337 g/mol. The Hall–Kier alpha value is -1.56. The maximum atomic E-state index is 5.88. The minimum absolute atomic E-state index is 0.517. The topological polar surface area (TPSA) is 68.2 Å². The highest BCUT2D eigenvalue weighted by Crippen LogP contribution is 2.27. The van der Waals surface area contributed by atoms with Crippen molar-refractivity contribution in [2.75, 3.05) is 23.7 Å². The van der Waals surface area contributed by atoms with Crippen molar-refractivity contribution in [3.8, 4) is 11.5 Å². The molecule has 0 bridgehead atoms. The van der Waals surface area contributed by atoms with E-state index in [1.807, 2.05) is 18.2 Å². The lowest BCUT2D eigenvalue weighted by Gasteiger charge is -2.16. The lowest BCUT2D eigenvalue weighted by Crippen LogP contribution is -2.24. The molecular formula is C14H17BrN4O. The third-order valence-electron chi connectivity index (χ3n) is 3.55. The van der Waals surface area contributed by atoms with Crippen LogP contribution in [0.1, 0.15) is 25.7 Å². The van der Waals surface area contributed by atoms with E-state index in [2.05, 4.69) is 31.0 Å². The van der Waals surface area contributed by atoms with Crippen LogP contribution < -0.4 is 10.6 Å². The quantitative estimate of drug-likeness (QED) is 0.850. The largest absolute Gasteiger partial charge is 0.398 e. The first-order chi connectivity index (χ1) is 9.74. The van der Waals surface area contributed by atoms with Gasteiger partial charge in [0, 0.05) is 28.8 Å². The highest BCUT2D eigenvalue weighted by atomic mass is 79.9. The number of benzene rings is 1. The van der Waals surface area contributed by atoms with Crippen LogP contribution in [0.3, 0.4) is 0 Å². The second kappa shape index (κ2) is 5.83. The standard InChI is InChI=1S/C14H17BrN4O/c15-11-6-5-10(9-12(11)16)13-17-14(18-20-13)19-7-3-1-2-4-8-19/h5-6,9H,1-4,7-8,16H2. The van der Waals surface area contributed by atoms with E-state index in [4.69, 9.17) is 10.3 Å². The Morgan fingerprint density at radius 3 is 2.60 bits per heavy atom. The summed E-state index contributed by atoms with van der Waals surface area (Å²) in [5.41, 5.74) is 7.39. The second-order valence-corrected chi connectivity index (χ2v) is 5.89. The summed E-state index contributed by atoms with van der Waals surface area (Å²) < 4.78 is 6.23. The van der Waals surface area contributed by atoms with Gasteiger partial charge < -0.3 is 15.2 Å². The molecule has 2 aromatic rings. The lowest BCUT2D eigenvalue weighted by molar-refractivity contribution is 0.429. The third-order valence-corrected chi connectivity index (χ3v) is 4.27. The van der Waals surface area contributed by atoms with Gasteiger partial charge in [-0.1, -0.05) is 12.8 Å². The van der Waals surface area contributed by atoms with Gasteiger partial charge in [-0.15, -0.1) is 0 Å². The molecule has 5 nitrogen and oxygen atoms in total. The Labute approximate surface area is 126 Å². The number of aromatic nitrogens is 2. The fourth-order valence-electron chi connectivity index (χ4n) is 2.41. The molecule has 0 saturated carbocycles. The predicted molar refractivity (Wildman–Crippen MR) is 82.5 cm³/mol. The number of nitrogens with zero attached hydrogens (tertiary/aromatic N) is 3. The van der Waals surface area contributed by atoms with Crippen molar-refractivity contribution in [1.82, 2.24) is 10.1 Å². The zero-order chi connectivity index (χ0) is 13.9. The molecule has 2 N–H and O–H groups in total. The van der Waals surface area contributed by atoms with Crippen molar-refractivity contribution in [1.29, 1.82) is 0 Å². The molecule has 0 amide bonds. The van der Waals surface area contributed by atoms with Crippen LogP contribution in [0.5, 0.6) is 0 Å². The van der Waals surface area contributed by atoms with Crippen LogP contribution >= 0.6 is 15.9 Å². The van der Waals surface area contributed by atoms with Gasteiger partial charge in [0.15, 0.2) is 0 Å². The molecule has 0 radical (unpaired) electrons. The van der Waals surface area contributed by atoms with Gasteiger partial charge >= 0.3 is 0 Å². The summed E-state index contributed by atoms with van der Waals surface area (Å²) in [6.45, 7) is 2.00. The third kappa shape index (κ3) is 2.80. The first kappa shape index (κ1) is 13.4. The van der Waals surface area contributed by atoms with Gasteiger partial charge in [-0.3, -0.25) is 0 Å². The summed E-state index contributed by atoms with van der Waals surface area (Å²) in [5.74, 6) is 1.20. The Kier molecular flexibility index (Phi) is 3.91.